The fourth-order valence-corrected chi connectivity index (χ4v) is 2.45. The molecule has 0 unspecified atom stereocenters. The van der Waals surface area contributed by atoms with Crippen molar-refractivity contribution in [2.24, 2.45) is 0 Å². The zero-order valence-corrected chi connectivity index (χ0v) is 10.6. The Balaban J connectivity index is 2.24. The molecule has 0 atom stereocenters. The van der Waals surface area contributed by atoms with Crippen LogP contribution in [0.25, 0.3) is 10.6 Å². The number of carbonyl (C=O) groups is 1. The maximum absolute atomic E-state index is 11.1. The van der Waals surface area contributed by atoms with Crippen LogP contribution >= 0.6 is 11.3 Å². The monoisotopic (exact) mass is 247 g/mol. The molecule has 88 valence electrons. The van der Waals surface area contributed by atoms with Gasteiger partial charge in [0.2, 0.25) is 0 Å². The van der Waals surface area contributed by atoms with Crippen molar-refractivity contribution in [2.75, 3.05) is 7.11 Å². The number of benzene rings is 1. The van der Waals surface area contributed by atoms with Crippen LogP contribution in [0.2, 0.25) is 0 Å². The molecule has 0 radical (unpaired) electrons. The quantitative estimate of drug-likeness (QED) is 0.783. The molecule has 0 amide bonds. The van der Waals surface area contributed by atoms with Gasteiger partial charge in [-0.25, -0.2) is 4.98 Å². The molecule has 0 aliphatic carbocycles. The molecule has 0 fully saturated rings. The zero-order valence-electron chi connectivity index (χ0n) is 9.77. The van der Waals surface area contributed by atoms with Crippen LogP contribution in [0.1, 0.15) is 11.3 Å². The Morgan fingerprint density at radius 1 is 1.41 bits per heavy atom. The molecule has 0 saturated carbocycles. The van der Waals surface area contributed by atoms with Crippen LogP contribution in [0.3, 0.4) is 0 Å². The predicted molar refractivity (Wildman–Crippen MR) is 68.0 cm³/mol. The van der Waals surface area contributed by atoms with E-state index in [0.717, 1.165) is 16.3 Å². The van der Waals surface area contributed by atoms with E-state index in [9.17, 15) is 4.79 Å². The summed E-state index contributed by atoms with van der Waals surface area (Å²) in [5.74, 6) is -0.258. The van der Waals surface area contributed by atoms with Gasteiger partial charge in [0.15, 0.2) is 0 Å². The fraction of sp³-hybridized carbons (Fsp3) is 0.231. The lowest BCUT2D eigenvalue weighted by Gasteiger charge is -2.00. The van der Waals surface area contributed by atoms with Crippen LogP contribution < -0.4 is 0 Å². The first-order chi connectivity index (χ1) is 8.20. The van der Waals surface area contributed by atoms with Crippen molar-refractivity contribution in [3.05, 3.63) is 40.9 Å². The fourth-order valence-electron chi connectivity index (χ4n) is 1.54. The average molecular weight is 247 g/mol. The molecule has 0 saturated heterocycles. The summed E-state index contributed by atoms with van der Waals surface area (Å²) in [4.78, 5) is 15.6. The minimum Gasteiger partial charge on any atom is -0.469 e. The minimum atomic E-state index is -0.258. The van der Waals surface area contributed by atoms with E-state index in [1.807, 2.05) is 23.6 Å². The molecule has 2 aromatic rings. The molecule has 3 nitrogen and oxygen atoms in total. The number of carbonyl (C=O) groups excluding carboxylic acids is 1. The summed E-state index contributed by atoms with van der Waals surface area (Å²) in [5, 5.41) is 2.85. The number of thiazole rings is 1. The van der Waals surface area contributed by atoms with Crippen LogP contribution in [0.4, 0.5) is 0 Å². The Morgan fingerprint density at radius 2 is 2.18 bits per heavy atom. The molecule has 1 aromatic carbocycles. The highest BCUT2D eigenvalue weighted by Crippen LogP contribution is 2.26. The van der Waals surface area contributed by atoms with E-state index in [1.54, 1.807) is 11.3 Å². The van der Waals surface area contributed by atoms with E-state index in [-0.39, 0.29) is 12.4 Å². The number of methoxy groups -OCH3 is 1. The van der Waals surface area contributed by atoms with Crippen LogP contribution in [0.5, 0.6) is 0 Å². The van der Waals surface area contributed by atoms with Gasteiger partial charge in [-0.15, -0.1) is 11.3 Å². The first kappa shape index (κ1) is 11.8. The summed E-state index contributed by atoms with van der Waals surface area (Å²) in [6.45, 7) is 2.05. The Kier molecular flexibility index (Phi) is 3.54. The maximum Gasteiger partial charge on any atom is 0.311 e. The Hall–Kier alpha value is -1.68. The van der Waals surface area contributed by atoms with Gasteiger partial charge in [0.05, 0.1) is 19.2 Å². The van der Waals surface area contributed by atoms with Gasteiger partial charge in [0.25, 0.3) is 0 Å². The third-order valence-electron chi connectivity index (χ3n) is 2.48. The Morgan fingerprint density at radius 3 is 2.88 bits per heavy atom. The number of hydrogen-bond acceptors (Lipinski definition) is 4. The molecular weight excluding hydrogens is 234 g/mol. The highest BCUT2D eigenvalue weighted by Gasteiger charge is 2.09. The van der Waals surface area contributed by atoms with E-state index in [1.165, 1.54) is 12.7 Å². The number of rotatable bonds is 3. The maximum atomic E-state index is 11.1. The number of hydrogen-bond donors (Lipinski definition) is 0. The third kappa shape index (κ3) is 2.71. The SMILES string of the molecule is COC(=O)Cc1csc(-c2ccccc2C)n1. The largest absolute Gasteiger partial charge is 0.469 e. The van der Waals surface area contributed by atoms with Gasteiger partial charge in [-0.3, -0.25) is 4.79 Å². The van der Waals surface area contributed by atoms with Crippen molar-refractivity contribution < 1.29 is 9.53 Å². The van der Waals surface area contributed by atoms with E-state index in [0.29, 0.717) is 0 Å². The summed E-state index contributed by atoms with van der Waals surface area (Å²) in [7, 11) is 1.39. The number of ether oxygens (including phenoxy) is 1. The Labute approximate surface area is 104 Å². The zero-order chi connectivity index (χ0) is 12.3. The average Bonchev–Trinajstić information content (AvgIpc) is 2.78. The van der Waals surface area contributed by atoms with Gasteiger partial charge in [-0.05, 0) is 12.5 Å². The lowest BCUT2D eigenvalue weighted by molar-refractivity contribution is -0.139. The van der Waals surface area contributed by atoms with Gasteiger partial charge in [-0.1, -0.05) is 24.3 Å². The molecule has 4 heteroatoms. The molecule has 0 N–H and O–H groups in total. The highest BCUT2D eigenvalue weighted by atomic mass is 32.1. The molecule has 0 aliphatic heterocycles. The van der Waals surface area contributed by atoms with E-state index < -0.39 is 0 Å². The number of nitrogens with zero attached hydrogens (tertiary/aromatic N) is 1. The molecule has 2 rings (SSSR count). The molecule has 1 heterocycles. The van der Waals surface area contributed by atoms with Gasteiger partial charge < -0.3 is 4.74 Å². The topological polar surface area (TPSA) is 39.2 Å². The predicted octanol–water partition coefficient (Wildman–Crippen LogP) is 2.83. The lowest BCUT2D eigenvalue weighted by atomic mass is 10.1. The van der Waals surface area contributed by atoms with Crippen molar-refractivity contribution in [2.45, 2.75) is 13.3 Å². The van der Waals surface area contributed by atoms with Gasteiger partial charge in [0, 0.05) is 10.9 Å². The second-order valence-electron chi connectivity index (χ2n) is 3.71. The minimum absolute atomic E-state index is 0.235. The van der Waals surface area contributed by atoms with Crippen molar-refractivity contribution in [3.63, 3.8) is 0 Å². The van der Waals surface area contributed by atoms with E-state index >= 15 is 0 Å². The van der Waals surface area contributed by atoms with Gasteiger partial charge in [0.1, 0.15) is 5.01 Å². The van der Waals surface area contributed by atoms with Gasteiger partial charge >= 0.3 is 5.97 Å². The van der Waals surface area contributed by atoms with Crippen LogP contribution in [0.15, 0.2) is 29.6 Å². The molecule has 0 aliphatic rings. The molecule has 0 spiro atoms. The van der Waals surface area contributed by atoms with Crippen LogP contribution in [-0.4, -0.2) is 18.1 Å². The third-order valence-corrected chi connectivity index (χ3v) is 3.40. The summed E-state index contributed by atoms with van der Waals surface area (Å²) in [5.41, 5.74) is 3.07. The van der Waals surface area contributed by atoms with Crippen molar-refractivity contribution in [3.8, 4) is 10.6 Å². The number of aryl methyl sites for hydroxylation is 1. The van der Waals surface area contributed by atoms with Crippen LogP contribution in [-0.2, 0) is 16.0 Å². The van der Waals surface area contributed by atoms with Crippen molar-refractivity contribution >= 4 is 17.3 Å². The smallest absolute Gasteiger partial charge is 0.311 e. The van der Waals surface area contributed by atoms with Crippen LogP contribution in [0, 0.1) is 6.92 Å². The van der Waals surface area contributed by atoms with Gasteiger partial charge in [-0.2, -0.15) is 0 Å². The molecule has 0 bridgehead atoms. The molecular formula is C13H13NO2S. The number of esters is 1. The lowest BCUT2D eigenvalue weighted by Crippen LogP contribution is -2.04. The summed E-state index contributed by atoms with van der Waals surface area (Å²) >= 11 is 1.55. The summed E-state index contributed by atoms with van der Waals surface area (Å²) in [6.07, 6.45) is 0.235. The molecule has 17 heavy (non-hydrogen) atoms. The second kappa shape index (κ2) is 5.10. The first-order valence-electron chi connectivity index (χ1n) is 5.28. The summed E-state index contributed by atoms with van der Waals surface area (Å²) < 4.78 is 4.62. The van der Waals surface area contributed by atoms with Crippen molar-refractivity contribution in [1.29, 1.82) is 0 Å². The summed E-state index contributed by atoms with van der Waals surface area (Å²) in [6, 6.07) is 8.08. The second-order valence-corrected chi connectivity index (χ2v) is 4.57. The van der Waals surface area contributed by atoms with E-state index in [4.69, 9.17) is 0 Å². The standard InChI is InChI=1S/C13H13NO2S/c1-9-5-3-4-6-11(9)13-14-10(8-17-13)7-12(15)16-2/h3-6,8H,7H2,1-2H3. The van der Waals surface area contributed by atoms with E-state index in [2.05, 4.69) is 22.7 Å². The first-order valence-corrected chi connectivity index (χ1v) is 6.16. The van der Waals surface area contributed by atoms with Crippen molar-refractivity contribution in [1.82, 2.24) is 4.98 Å². The molecule has 1 aromatic heterocycles. The normalized spacial score (nSPS) is 10.2. The Bertz CT molecular complexity index is 534. The highest BCUT2D eigenvalue weighted by molar-refractivity contribution is 7.13. The number of aromatic nitrogens is 1.